The maximum absolute atomic E-state index is 12.3. The largest absolute Gasteiger partial charge is 0.345 e. The molecule has 0 bridgehead atoms. The molecule has 1 amide bonds. The zero-order valence-corrected chi connectivity index (χ0v) is 15.2. The molecule has 1 unspecified atom stereocenters. The van der Waals surface area contributed by atoms with Gasteiger partial charge in [-0.1, -0.05) is 12.1 Å². The average Bonchev–Trinajstić information content (AvgIpc) is 3.26. The molecule has 0 saturated carbocycles. The molecule has 1 aromatic carbocycles. The van der Waals surface area contributed by atoms with Crippen LogP contribution in [0.5, 0.6) is 0 Å². The summed E-state index contributed by atoms with van der Waals surface area (Å²) < 4.78 is 0. The van der Waals surface area contributed by atoms with E-state index in [1.54, 1.807) is 19.0 Å². The summed E-state index contributed by atoms with van der Waals surface area (Å²) in [5.41, 5.74) is 8.15. The third-order valence-electron chi connectivity index (χ3n) is 4.85. The van der Waals surface area contributed by atoms with Crippen LogP contribution in [-0.2, 0) is 6.42 Å². The number of aromatic amines is 1. The van der Waals surface area contributed by atoms with E-state index in [1.807, 2.05) is 36.5 Å². The molecule has 7 heteroatoms. The second-order valence-corrected chi connectivity index (χ2v) is 6.82. The van der Waals surface area contributed by atoms with E-state index in [0.29, 0.717) is 5.56 Å². The highest BCUT2D eigenvalue weighted by molar-refractivity contribution is 5.94. The molecule has 1 aromatic heterocycles. The first kappa shape index (κ1) is 16.5. The van der Waals surface area contributed by atoms with E-state index in [9.17, 15) is 4.79 Å². The molecule has 0 aliphatic carbocycles. The second-order valence-electron chi connectivity index (χ2n) is 6.82. The van der Waals surface area contributed by atoms with Gasteiger partial charge in [0.25, 0.3) is 5.91 Å². The molecule has 4 rings (SSSR count). The van der Waals surface area contributed by atoms with Crippen LogP contribution < -0.4 is 5.43 Å². The topological polar surface area (TPSA) is 76.6 Å². The lowest BCUT2D eigenvalue weighted by molar-refractivity contribution is 0.0827. The van der Waals surface area contributed by atoms with Crippen molar-refractivity contribution in [3.05, 3.63) is 52.7 Å². The minimum atomic E-state index is 0.00750. The highest BCUT2D eigenvalue weighted by Gasteiger charge is 2.26. The van der Waals surface area contributed by atoms with Gasteiger partial charge in [0.2, 0.25) is 0 Å². The lowest BCUT2D eigenvalue weighted by Crippen LogP contribution is -2.27. The maximum atomic E-state index is 12.3. The van der Waals surface area contributed by atoms with Gasteiger partial charge in [-0.2, -0.15) is 5.10 Å². The van der Waals surface area contributed by atoms with Crippen molar-refractivity contribution >= 4 is 23.6 Å². The van der Waals surface area contributed by atoms with Crippen molar-refractivity contribution in [3.63, 3.8) is 0 Å². The number of aromatic nitrogens is 2. The summed E-state index contributed by atoms with van der Waals surface area (Å²) in [5.74, 6) is 0.945. The third-order valence-corrected chi connectivity index (χ3v) is 4.85. The predicted octanol–water partition coefficient (Wildman–Crippen LogP) is 1.94. The summed E-state index contributed by atoms with van der Waals surface area (Å²) in [7, 11) is 5.52. The van der Waals surface area contributed by atoms with E-state index >= 15 is 0 Å². The van der Waals surface area contributed by atoms with Crippen LogP contribution in [0.3, 0.4) is 0 Å². The molecule has 2 aromatic rings. The Kier molecular flexibility index (Phi) is 4.08. The molecule has 3 heterocycles. The van der Waals surface area contributed by atoms with Crippen molar-refractivity contribution < 1.29 is 4.79 Å². The number of carbonyl (C=O) groups excluding carboxylic acids is 1. The summed E-state index contributed by atoms with van der Waals surface area (Å²) in [4.78, 5) is 18.4. The van der Waals surface area contributed by atoms with Crippen molar-refractivity contribution in [1.82, 2.24) is 25.5 Å². The van der Waals surface area contributed by atoms with E-state index in [0.717, 1.165) is 41.3 Å². The number of aliphatic imine (C=N–C) groups is 1. The quantitative estimate of drug-likeness (QED) is 0.887. The van der Waals surface area contributed by atoms with Crippen LogP contribution in [0.1, 0.15) is 33.1 Å². The van der Waals surface area contributed by atoms with E-state index in [4.69, 9.17) is 0 Å². The minimum absolute atomic E-state index is 0.00750. The van der Waals surface area contributed by atoms with Crippen LogP contribution in [0.25, 0.3) is 5.70 Å². The highest BCUT2D eigenvalue weighted by Crippen LogP contribution is 2.35. The van der Waals surface area contributed by atoms with Crippen molar-refractivity contribution in [1.29, 1.82) is 0 Å². The third kappa shape index (κ3) is 2.80. The maximum Gasteiger partial charge on any atom is 0.253 e. The van der Waals surface area contributed by atoms with Gasteiger partial charge in [-0.3, -0.25) is 9.89 Å². The standard InChI is InChI=1S/C19H22N6O/c1-24(2)19(26)13-6-4-5-12(9-13)14-10-15-17(16-7-8-21-25(16)3)22-23-18(15)20-11-14/h4-7,9,11,14,21H,8,10H2,1-3H3,(H,22,23). The fraction of sp³-hybridized carbons (Fsp3) is 0.316. The second kappa shape index (κ2) is 6.42. The summed E-state index contributed by atoms with van der Waals surface area (Å²) in [6, 6.07) is 7.80. The molecule has 0 fully saturated rings. The number of rotatable bonds is 3. The van der Waals surface area contributed by atoms with Gasteiger partial charge in [-0.15, -0.1) is 0 Å². The molecular weight excluding hydrogens is 328 g/mol. The Morgan fingerprint density at radius 2 is 2.19 bits per heavy atom. The van der Waals surface area contributed by atoms with Crippen LogP contribution in [0.15, 0.2) is 35.3 Å². The SMILES string of the molecule is CN(C)C(=O)c1cccc(C2C=Nc3[nH]nc(C4=CCNN4C)c3C2)c1. The van der Waals surface area contributed by atoms with Crippen molar-refractivity contribution in [2.24, 2.45) is 4.99 Å². The Balaban J connectivity index is 1.64. The van der Waals surface area contributed by atoms with Gasteiger partial charge >= 0.3 is 0 Å². The molecule has 0 radical (unpaired) electrons. The molecule has 2 aliphatic heterocycles. The number of H-pyrrole nitrogens is 1. The van der Waals surface area contributed by atoms with Crippen LogP contribution in [0.4, 0.5) is 5.82 Å². The molecule has 2 aliphatic rings. The number of nitrogens with zero attached hydrogens (tertiary/aromatic N) is 4. The fourth-order valence-electron chi connectivity index (χ4n) is 3.43. The van der Waals surface area contributed by atoms with Crippen LogP contribution in [-0.4, -0.2) is 59.9 Å². The molecule has 26 heavy (non-hydrogen) atoms. The van der Waals surface area contributed by atoms with Gasteiger partial charge in [0.15, 0.2) is 5.82 Å². The molecule has 0 saturated heterocycles. The lowest BCUT2D eigenvalue weighted by Gasteiger charge is -2.20. The van der Waals surface area contributed by atoms with Crippen LogP contribution >= 0.6 is 0 Å². The number of benzene rings is 1. The highest BCUT2D eigenvalue weighted by atomic mass is 16.2. The number of carbonyl (C=O) groups is 1. The van der Waals surface area contributed by atoms with Gasteiger partial charge in [0.05, 0.1) is 5.70 Å². The number of fused-ring (bicyclic) bond motifs is 1. The van der Waals surface area contributed by atoms with Crippen molar-refractivity contribution in [2.75, 3.05) is 27.7 Å². The number of nitrogens with one attached hydrogen (secondary N) is 2. The average molecular weight is 350 g/mol. The zero-order valence-electron chi connectivity index (χ0n) is 15.2. The van der Waals surface area contributed by atoms with Crippen LogP contribution in [0.2, 0.25) is 0 Å². The number of hydrazine groups is 1. The van der Waals surface area contributed by atoms with E-state index < -0.39 is 0 Å². The fourth-order valence-corrected chi connectivity index (χ4v) is 3.43. The Morgan fingerprint density at radius 3 is 2.92 bits per heavy atom. The molecule has 0 spiro atoms. The molecule has 2 N–H and O–H groups in total. The summed E-state index contributed by atoms with van der Waals surface area (Å²) >= 11 is 0. The molecular formula is C19H22N6O. The Bertz CT molecular complexity index is 911. The minimum Gasteiger partial charge on any atom is -0.345 e. The number of hydrogen-bond acceptors (Lipinski definition) is 5. The van der Waals surface area contributed by atoms with Crippen molar-refractivity contribution in [2.45, 2.75) is 12.3 Å². The lowest BCUT2D eigenvalue weighted by atomic mass is 9.89. The van der Waals surface area contributed by atoms with Gasteiger partial charge < -0.3 is 9.91 Å². The van der Waals surface area contributed by atoms with Crippen molar-refractivity contribution in [3.8, 4) is 0 Å². The molecule has 1 atom stereocenters. The van der Waals surface area contributed by atoms with Gasteiger partial charge in [0.1, 0.15) is 5.69 Å². The zero-order chi connectivity index (χ0) is 18.3. The summed E-state index contributed by atoms with van der Waals surface area (Å²) in [6.07, 6.45) is 4.87. The first-order valence-corrected chi connectivity index (χ1v) is 8.65. The van der Waals surface area contributed by atoms with E-state index in [1.165, 1.54) is 0 Å². The van der Waals surface area contributed by atoms with Crippen LogP contribution in [0, 0.1) is 0 Å². The number of hydrogen-bond donors (Lipinski definition) is 2. The predicted molar refractivity (Wildman–Crippen MR) is 101 cm³/mol. The van der Waals surface area contributed by atoms with E-state index in [-0.39, 0.29) is 11.8 Å². The molecule has 134 valence electrons. The Hall–Kier alpha value is -2.93. The van der Waals surface area contributed by atoms with Gasteiger partial charge in [-0.05, 0) is 30.2 Å². The Morgan fingerprint density at radius 1 is 1.35 bits per heavy atom. The monoisotopic (exact) mass is 350 g/mol. The number of amides is 1. The van der Waals surface area contributed by atoms with Gasteiger partial charge in [0, 0.05) is 50.9 Å². The van der Waals surface area contributed by atoms with E-state index in [2.05, 4.69) is 32.8 Å². The first-order chi connectivity index (χ1) is 12.5. The molecule has 7 nitrogen and oxygen atoms in total. The normalized spacial score (nSPS) is 18.7. The first-order valence-electron chi connectivity index (χ1n) is 8.65. The summed E-state index contributed by atoms with van der Waals surface area (Å²) in [6.45, 7) is 0.800. The van der Waals surface area contributed by atoms with Gasteiger partial charge in [-0.25, -0.2) is 10.4 Å². The smallest absolute Gasteiger partial charge is 0.253 e. The summed E-state index contributed by atoms with van der Waals surface area (Å²) in [5, 5.41) is 9.50. The Labute approximate surface area is 152 Å².